The highest BCUT2D eigenvalue weighted by Crippen LogP contribution is 2.32. The molecule has 1 rings (SSSR count). The van der Waals surface area contributed by atoms with Crippen LogP contribution < -0.4 is 0 Å². The van der Waals surface area contributed by atoms with Gasteiger partial charge in [-0.05, 0) is 24.7 Å². The van der Waals surface area contributed by atoms with E-state index in [0.29, 0.717) is 11.8 Å². The van der Waals surface area contributed by atoms with Crippen LogP contribution in [0.1, 0.15) is 46.0 Å². The maximum Gasteiger partial charge on any atom is 0.0596 e. The van der Waals surface area contributed by atoms with Crippen molar-refractivity contribution in [3.63, 3.8) is 0 Å². The molecule has 11 heavy (non-hydrogen) atoms. The van der Waals surface area contributed by atoms with E-state index in [1.807, 2.05) is 0 Å². The first-order valence-electron chi connectivity index (χ1n) is 4.97. The van der Waals surface area contributed by atoms with E-state index in [9.17, 15) is 5.11 Å². The molecule has 1 heteroatoms. The maximum absolute atomic E-state index is 9.83. The normalized spacial score (nSPS) is 39.0. The number of aliphatic hydroxyl groups is 1. The Morgan fingerprint density at radius 2 is 1.55 bits per heavy atom. The molecular weight excluding hydrogens is 136 g/mol. The van der Waals surface area contributed by atoms with Crippen LogP contribution in [0.15, 0.2) is 0 Å². The summed E-state index contributed by atoms with van der Waals surface area (Å²) in [5.74, 6) is 1.18. The lowest BCUT2D eigenvalue weighted by atomic mass is 9.76. The van der Waals surface area contributed by atoms with E-state index in [4.69, 9.17) is 0 Å². The molecule has 2 unspecified atom stereocenters. The summed E-state index contributed by atoms with van der Waals surface area (Å²) in [7, 11) is 0. The van der Waals surface area contributed by atoms with Gasteiger partial charge in [0, 0.05) is 0 Å². The molecule has 1 nitrogen and oxygen atoms in total. The van der Waals surface area contributed by atoms with Crippen molar-refractivity contribution < 1.29 is 5.11 Å². The Hall–Kier alpha value is -0.0400. The SMILES string of the molecule is CCC1CCCC(CC)C1O. The van der Waals surface area contributed by atoms with Crippen molar-refractivity contribution in [1.29, 1.82) is 0 Å². The molecule has 66 valence electrons. The topological polar surface area (TPSA) is 20.2 Å². The number of aliphatic hydroxyl groups excluding tert-OH is 1. The first kappa shape index (κ1) is 9.05. The van der Waals surface area contributed by atoms with Gasteiger partial charge in [-0.1, -0.05) is 33.1 Å². The lowest BCUT2D eigenvalue weighted by Gasteiger charge is -2.33. The van der Waals surface area contributed by atoms with Gasteiger partial charge in [0.1, 0.15) is 0 Å². The molecule has 0 radical (unpaired) electrons. The highest BCUT2D eigenvalue weighted by atomic mass is 16.3. The first-order chi connectivity index (χ1) is 5.29. The minimum absolute atomic E-state index is 0.00116. The minimum atomic E-state index is -0.00116. The fourth-order valence-corrected chi connectivity index (χ4v) is 2.26. The largest absolute Gasteiger partial charge is 0.393 e. The lowest BCUT2D eigenvalue weighted by molar-refractivity contribution is 0.0144. The average molecular weight is 156 g/mol. The molecule has 1 aliphatic carbocycles. The zero-order chi connectivity index (χ0) is 8.27. The van der Waals surface area contributed by atoms with Crippen molar-refractivity contribution in [3.8, 4) is 0 Å². The van der Waals surface area contributed by atoms with Crippen molar-refractivity contribution in [2.45, 2.75) is 52.1 Å². The molecule has 0 bridgehead atoms. The summed E-state index contributed by atoms with van der Waals surface area (Å²) in [5, 5.41) is 9.83. The third-order valence-corrected chi connectivity index (χ3v) is 3.16. The monoisotopic (exact) mass is 156 g/mol. The van der Waals surface area contributed by atoms with Crippen LogP contribution in [-0.2, 0) is 0 Å². The van der Waals surface area contributed by atoms with Gasteiger partial charge in [0.2, 0.25) is 0 Å². The summed E-state index contributed by atoms with van der Waals surface area (Å²) in [4.78, 5) is 0. The number of rotatable bonds is 2. The van der Waals surface area contributed by atoms with E-state index in [-0.39, 0.29) is 6.10 Å². The highest BCUT2D eigenvalue weighted by molar-refractivity contribution is 4.80. The number of hydrogen-bond acceptors (Lipinski definition) is 1. The molecule has 1 fully saturated rings. The molecule has 0 saturated heterocycles. The molecule has 1 saturated carbocycles. The van der Waals surface area contributed by atoms with Gasteiger partial charge >= 0.3 is 0 Å². The fraction of sp³-hybridized carbons (Fsp3) is 1.00. The van der Waals surface area contributed by atoms with Crippen LogP contribution in [0.3, 0.4) is 0 Å². The van der Waals surface area contributed by atoms with E-state index in [2.05, 4.69) is 13.8 Å². The molecule has 1 aliphatic rings. The second kappa shape index (κ2) is 4.10. The van der Waals surface area contributed by atoms with E-state index >= 15 is 0 Å². The van der Waals surface area contributed by atoms with Crippen LogP contribution in [-0.4, -0.2) is 11.2 Å². The first-order valence-corrected chi connectivity index (χ1v) is 4.97. The molecule has 0 aromatic heterocycles. The molecule has 0 aliphatic heterocycles. The van der Waals surface area contributed by atoms with Crippen LogP contribution in [0.4, 0.5) is 0 Å². The molecule has 0 aromatic rings. The third kappa shape index (κ3) is 1.96. The van der Waals surface area contributed by atoms with E-state index < -0.39 is 0 Å². The van der Waals surface area contributed by atoms with Crippen LogP contribution >= 0.6 is 0 Å². The smallest absolute Gasteiger partial charge is 0.0596 e. The minimum Gasteiger partial charge on any atom is -0.393 e. The molecule has 2 atom stereocenters. The fourth-order valence-electron chi connectivity index (χ4n) is 2.26. The van der Waals surface area contributed by atoms with Crippen molar-refractivity contribution in [3.05, 3.63) is 0 Å². The lowest BCUT2D eigenvalue weighted by Crippen LogP contribution is -2.32. The molecule has 0 amide bonds. The Labute approximate surface area is 69.8 Å². The zero-order valence-corrected chi connectivity index (χ0v) is 7.71. The zero-order valence-electron chi connectivity index (χ0n) is 7.71. The Bertz CT molecular complexity index is 99.4. The summed E-state index contributed by atoms with van der Waals surface area (Å²) in [5.41, 5.74) is 0. The Kier molecular flexibility index (Phi) is 3.38. The average Bonchev–Trinajstić information content (AvgIpc) is 2.05. The van der Waals surface area contributed by atoms with Crippen molar-refractivity contribution >= 4 is 0 Å². The van der Waals surface area contributed by atoms with Crippen LogP contribution in [0, 0.1) is 11.8 Å². The predicted octanol–water partition coefficient (Wildman–Crippen LogP) is 2.58. The van der Waals surface area contributed by atoms with Gasteiger partial charge in [-0.3, -0.25) is 0 Å². The van der Waals surface area contributed by atoms with Crippen molar-refractivity contribution in [2.75, 3.05) is 0 Å². The molecule has 0 heterocycles. The van der Waals surface area contributed by atoms with Gasteiger partial charge in [0.15, 0.2) is 0 Å². The Morgan fingerprint density at radius 3 is 1.91 bits per heavy atom. The number of hydrogen-bond donors (Lipinski definition) is 1. The maximum atomic E-state index is 9.83. The van der Waals surface area contributed by atoms with E-state index in [1.54, 1.807) is 0 Å². The Morgan fingerprint density at radius 1 is 1.09 bits per heavy atom. The standard InChI is InChI=1S/C10H20O/c1-3-8-6-5-7-9(4-2)10(8)11/h8-11H,3-7H2,1-2H3. The summed E-state index contributed by atoms with van der Waals surface area (Å²) >= 11 is 0. The van der Waals surface area contributed by atoms with Gasteiger partial charge in [-0.2, -0.15) is 0 Å². The van der Waals surface area contributed by atoms with Crippen LogP contribution in [0.2, 0.25) is 0 Å². The predicted molar refractivity (Wildman–Crippen MR) is 47.4 cm³/mol. The summed E-state index contributed by atoms with van der Waals surface area (Å²) in [6.07, 6.45) is 6.12. The van der Waals surface area contributed by atoms with E-state index in [1.165, 1.54) is 19.3 Å². The highest BCUT2D eigenvalue weighted by Gasteiger charge is 2.28. The second-order valence-electron chi connectivity index (χ2n) is 3.76. The quantitative estimate of drug-likeness (QED) is 0.651. The third-order valence-electron chi connectivity index (χ3n) is 3.16. The van der Waals surface area contributed by atoms with Gasteiger partial charge in [0.25, 0.3) is 0 Å². The summed E-state index contributed by atoms with van der Waals surface area (Å²) < 4.78 is 0. The van der Waals surface area contributed by atoms with Crippen LogP contribution in [0.25, 0.3) is 0 Å². The van der Waals surface area contributed by atoms with Crippen molar-refractivity contribution in [2.24, 2.45) is 11.8 Å². The second-order valence-corrected chi connectivity index (χ2v) is 3.76. The molecule has 0 aromatic carbocycles. The van der Waals surface area contributed by atoms with Crippen LogP contribution in [0.5, 0.6) is 0 Å². The summed E-state index contributed by atoms with van der Waals surface area (Å²) in [6, 6.07) is 0. The van der Waals surface area contributed by atoms with Gasteiger partial charge in [-0.25, -0.2) is 0 Å². The van der Waals surface area contributed by atoms with Crippen molar-refractivity contribution in [1.82, 2.24) is 0 Å². The van der Waals surface area contributed by atoms with Gasteiger partial charge in [0.05, 0.1) is 6.10 Å². The van der Waals surface area contributed by atoms with Gasteiger partial charge < -0.3 is 5.11 Å². The molecule has 1 N–H and O–H groups in total. The molecule has 0 spiro atoms. The summed E-state index contributed by atoms with van der Waals surface area (Å²) in [6.45, 7) is 4.37. The van der Waals surface area contributed by atoms with Gasteiger partial charge in [-0.15, -0.1) is 0 Å². The van der Waals surface area contributed by atoms with E-state index in [0.717, 1.165) is 12.8 Å². The Balaban J connectivity index is 2.45. The molecular formula is C10H20O.